The molecule has 0 aromatic carbocycles. The lowest BCUT2D eigenvalue weighted by molar-refractivity contribution is 0.0538. The van der Waals surface area contributed by atoms with E-state index in [0.29, 0.717) is 0 Å². The zero-order valence-corrected chi connectivity index (χ0v) is 11.2. The maximum absolute atomic E-state index is 4.17. The van der Waals surface area contributed by atoms with Crippen molar-refractivity contribution in [2.45, 2.75) is 32.2 Å². The Morgan fingerprint density at radius 3 is 3.00 bits per heavy atom. The largest absolute Gasteiger partial charge is 0.313 e. The summed E-state index contributed by atoms with van der Waals surface area (Å²) in [7, 11) is 0. The van der Waals surface area contributed by atoms with Gasteiger partial charge in [-0.3, -0.25) is 9.80 Å². The first kappa shape index (κ1) is 13.1. The number of likely N-dealkylation sites (N-methyl/N-ethyl adjacent to an activating group) is 1. The molecule has 0 bridgehead atoms. The molecule has 17 heavy (non-hydrogen) atoms. The highest BCUT2D eigenvalue weighted by Crippen LogP contribution is 2.21. The van der Waals surface area contributed by atoms with Gasteiger partial charge >= 0.3 is 0 Å². The van der Waals surface area contributed by atoms with Crippen LogP contribution in [0.5, 0.6) is 0 Å². The summed E-state index contributed by atoms with van der Waals surface area (Å²) in [5, 5.41) is 3.36. The first-order valence-electron chi connectivity index (χ1n) is 7.13. The molecule has 0 aliphatic carbocycles. The van der Waals surface area contributed by atoms with Gasteiger partial charge in [-0.2, -0.15) is 0 Å². The average Bonchev–Trinajstić information content (AvgIpc) is 2.36. The molecule has 0 radical (unpaired) electrons. The molecule has 1 atom stereocenters. The van der Waals surface area contributed by atoms with E-state index in [-0.39, 0.29) is 0 Å². The minimum absolute atomic E-state index is 0.824. The zero-order chi connectivity index (χ0) is 12.1. The summed E-state index contributed by atoms with van der Waals surface area (Å²) in [5.41, 5.74) is 1.33. The fraction of sp³-hybridized carbons (Fsp3) is 0.857. The molecule has 1 unspecified atom stereocenters. The third-order valence-electron chi connectivity index (χ3n) is 3.99. The Bertz CT molecular complexity index is 252. The van der Waals surface area contributed by atoms with Crippen LogP contribution in [0.2, 0.25) is 0 Å². The van der Waals surface area contributed by atoms with Crippen LogP contribution in [0.15, 0.2) is 12.2 Å². The maximum Gasteiger partial charge on any atom is 0.0223 e. The van der Waals surface area contributed by atoms with Crippen molar-refractivity contribution in [3.8, 4) is 0 Å². The predicted octanol–water partition coefficient (Wildman–Crippen LogP) is 1.32. The molecule has 2 heterocycles. The summed E-state index contributed by atoms with van der Waals surface area (Å²) in [6.45, 7) is 14.5. The first-order chi connectivity index (χ1) is 8.29. The van der Waals surface area contributed by atoms with Gasteiger partial charge < -0.3 is 5.32 Å². The molecule has 0 aromatic heterocycles. The SMILES string of the molecule is C=C(CNCC)CN1CCN2CCCCC2C1. The molecule has 0 saturated carbocycles. The molecule has 1 N–H and O–H groups in total. The second kappa shape index (κ2) is 6.53. The Morgan fingerprint density at radius 2 is 2.18 bits per heavy atom. The Hall–Kier alpha value is -0.380. The summed E-state index contributed by atoms with van der Waals surface area (Å²) in [5.74, 6) is 0. The van der Waals surface area contributed by atoms with E-state index in [1.54, 1.807) is 0 Å². The van der Waals surface area contributed by atoms with Crippen molar-refractivity contribution in [2.24, 2.45) is 0 Å². The second-order valence-corrected chi connectivity index (χ2v) is 5.45. The van der Waals surface area contributed by atoms with E-state index in [2.05, 4.69) is 28.6 Å². The van der Waals surface area contributed by atoms with Gasteiger partial charge in [-0.05, 0) is 31.5 Å². The van der Waals surface area contributed by atoms with Crippen molar-refractivity contribution in [1.82, 2.24) is 15.1 Å². The Kier molecular flexibility index (Phi) is 5.01. The lowest BCUT2D eigenvalue weighted by atomic mass is 9.99. The smallest absolute Gasteiger partial charge is 0.0223 e. The standard InChI is InChI=1S/C14H27N3/c1-3-15-10-13(2)11-16-8-9-17-7-5-4-6-14(17)12-16/h14-15H,2-12H2,1H3. The fourth-order valence-corrected chi connectivity index (χ4v) is 3.04. The van der Waals surface area contributed by atoms with Crippen molar-refractivity contribution in [2.75, 3.05) is 45.8 Å². The zero-order valence-electron chi connectivity index (χ0n) is 11.2. The lowest BCUT2D eigenvalue weighted by Crippen LogP contribution is -2.55. The monoisotopic (exact) mass is 237 g/mol. The molecule has 2 saturated heterocycles. The molecular weight excluding hydrogens is 210 g/mol. The van der Waals surface area contributed by atoms with E-state index in [4.69, 9.17) is 0 Å². The normalized spacial score (nSPS) is 26.8. The summed E-state index contributed by atoms with van der Waals surface area (Å²) in [6, 6.07) is 0.824. The van der Waals surface area contributed by atoms with Crippen LogP contribution in [0.3, 0.4) is 0 Å². The molecule has 0 spiro atoms. The fourth-order valence-electron chi connectivity index (χ4n) is 3.04. The third-order valence-corrected chi connectivity index (χ3v) is 3.99. The van der Waals surface area contributed by atoms with Gasteiger partial charge in [0.05, 0.1) is 0 Å². The topological polar surface area (TPSA) is 18.5 Å². The minimum atomic E-state index is 0.824. The highest BCUT2D eigenvalue weighted by Gasteiger charge is 2.28. The van der Waals surface area contributed by atoms with Crippen LogP contribution in [0, 0.1) is 0 Å². The number of piperazine rings is 1. The summed E-state index contributed by atoms with van der Waals surface area (Å²) in [4.78, 5) is 5.28. The van der Waals surface area contributed by atoms with Gasteiger partial charge in [-0.1, -0.05) is 19.9 Å². The molecule has 2 fully saturated rings. The summed E-state index contributed by atoms with van der Waals surface area (Å²) in [6.07, 6.45) is 4.23. The van der Waals surface area contributed by atoms with Crippen molar-refractivity contribution in [3.63, 3.8) is 0 Å². The van der Waals surface area contributed by atoms with Gasteiger partial charge in [0.1, 0.15) is 0 Å². The molecular formula is C14H27N3. The predicted molar refractivity (Wildman–Crippen MR) is 73.3 cm³/mol. The number of rotatable bonds is 5. The van der Waals surface area contributed by atoms with Crippen LogP contribution >= 0.6 is 0 Å². The van der Waals surface area contributed by atoms with Gasteiger partial charge in [0, 0.05) is 38.8 Å². The van der Waals surface area contributed by atoms with Gasteiger partial charge in [-0.15, -0.1) is 0 Å². The quantitative estimate of drug-likeness (QED) is 0.728. The van der Waals surface area contributed by atoms with Gasteiger partial charge in [0.2, 0.25) is 0 Å². The Morgan fingerprint density at radius 1 is 1.29 bits per heavy atom. The summed E-state index contributed by atoms with van der Waals surface area (Å²) < 4.78 is 0. The molecule has 3 heteroatoms. The van der Waals surface area contributed by atoms with E-state index in [1.165, 1.54) is 51.0 Å². The first-order valence-corrected chi connectivity index (χ1v) is 7.13. The number of piperidine rings is 1. The Labute approximate surface area is 106 Å². The average molecular weight is 237 g/mol. The maximum atomic E-state index is 4.17. The molecule has 0 aromatic rings. The van der Waals surface area contributed by atoms with E-state index >= 15 is 0 Å². The highest BCUT2D eigenvalue weighted by atomic mass is 15.3. The van der Waals surface area contributed by atoms with Crippen LogP contribution in [0.4, 0.5) is 0 Å². The molecule has 98 valence electrons. The van der Waals surface area contributed by atoms with Gasteiger partial charge in [-0.25, -0.2) is 0 Å². The number of nitrogens with one attached hydrogen (secondary N) is 1. The third kappa shape index (κ3) is 3.80. The van der Waals surface area contributed by atoms with E-state index in [9.17, 15) is 0 Å². The van der Waals surface area contributed by atoms with Crippen LogP contribution in [-0.2, 0) is 0 Å². The molecule has 3 nitrogen and oxygen atoms in total. The van der Waals surface area contributed by atoms with Gasteiger partial charge in [0.25, 0.3) is 0 Å². The van der Waals surface area contributed by atoms with Crippen LogP contribution in [0.25, 0.3) is 0 Å². The number of nitrogens with zero attached hydrogens (tertiary/aromatic N) is 2. The molecule has 2 aliphatic heterocycles. The number of fused-ring (bicyclic) bond motifs is 1. The number of hydrogen-bond donors (Lipinski definition) is 1. The lowest BCUT2D eigenvalue weighted by Gasteiger charge is -2.44. The highest BCUT2D eigenvalue weighted by molar-refractivity contribution is 5.01. The van der Waals surface area contributed by atoms with Crippen molar-refractivity contribution in [3.05, 3.63) is 12.2 Å². The minimum Gasteiger partial charge on any atom is -0.313 e. The van der Waals surface area contributed by atoms with Crippen LogP contribution in [0.1, 0.15) is 26.2 Å². The molecule has 0 amide bonds. The van der Waals surface area contributed by atoms with Crippen molar-refractivity contribution >= 4 is 0 Å². The van der Waals surface area contributed by atoms with E-state index in [0.717, 1.165) is 25.7 Å². The second-order valence-electron chi connectivity index (χ2n) is 5.45. The van der Waals surface area contributed by atoms with E-state index < -0.39 is 0 Å². The number of hydrogen-bond acceptors (Lipinski definition) is 3. The van der Waals surface area contributed by atoms with Crippen molar-refractivity contribution < 1.29 is 0 Å². The van der Waals surface area contributed by atoms with Crippen molar-refractivity contribution in [1.29, 1.82) is 0 Å². The summed E-state index contributed by atoms with van der Waals surface area (Å²) >= 11 is 0. The molecule has 2 rings (SSSR count). The van der Waals surface area contributed by atoms with Crippen LogP contribution < -0.4 is 5.32 Å². The van der Waals surface area contributed by atoms with Gasteiger partial charge in [0.15, 0.2) is 0 Å². The molecule has 2 aliphatic rings. The van der Waals surface area contributed by atoms with Crippen LogP contribution in [-0.4, -0.2) is 61.7 Å². The van der Waals surface area contributed by atoms with E-state index in [1.807, 2.05) is 0 Å². The Balaban J connectivity index is 1.73.